The van der Waals surface area contributed by atoms with Crippen LogP contribution in [0, 0.1) is 11.8 Å². The Bertz CT molecular complexity index is 284. The van der Waals surface area contributed by atoms with E-state index in [4.69, 9.17) is 4.74 Å². The second kappa shape index (κ2) is 3.91. The lowest BCUT2D eigenvalue weighted by atomic mass is 9.73. The van der Waals surface area contributed by atoms with Crippen LogP contribution in [0.2, 0.25) is 0 Å². The maximum Gasteiger partial charge on any atom is 0.410 e. The maximum absolute atomic E-state index is 11.9. The molecule has 0 aromatic heterocycles. The van der Waals surface area contributed by atoms with Crippen LogP contribution in [0.5, 0.6) is 0 Å². The maximum atomic E-state index is 11.9. The number of aliphatic hydroxyl groups is 1. The van der Waals surface area contributed by atoms with Gasteiger partial charge in [-0.05, 0) is 45.4 Å². The number of hydrogen-bond donors (Lipinski definition) is 1. The van der Waals surface area contributed by atoms with E-state index in [1.165, 1.54) is 6.42 Å². The Morgan fingerprint density at radius 3 is 2.56 bits per heavy atom. The van der Waals surface area contributed by atoms with Crippen molar-refractivity contribution in [3.8, 4) is 0 Å². The average molecular weight is 227 g/mol. The van der Waals surface area contributed by atoms with Crippen LogP contribution in [-0.4, -0.2) is 40.9 Å². The van der Waals surface area contributed by atoms with Crippen LogP contribution < -0.4 is 0 Å². The molecule has 92 valence electrons. The zero-order chi connectivity index (χ0) is 11.9. The molecule has 0 aromatic carbocycles. The van der Waals surface area contributed by atoms with Gasteiger partial charge in [-0.3, -0.25) is 0 Å². The molecule has 3 atom stereocenters. The predicted molar refractivity (Wildman–Crippen MR) is 60.0 cm³/mol. The molecule has 16 heavy (non-hydrogen) atoms. The summed E-state index contributed by atoms with van der Waals surface area (Å²) in [6.07, 6.45) is 2.04. The molecule has 1 aliphatic heterocycles. The standard InChI is InChI=1S/C12H21NO3/c1-12(2,3)16-11(15)13-6-8-4-5-9(8)10(13)7-14/h8-10,14H,4-7H2,1-3H3/t8?,9-,10+/m0/s1. The second-order valence-corrected chi connectivity index (χ2v) is 5.88. The summed E-state index contributed by atoms with van der Waals surface area (Å²) in [7, 11) is 0. The molecule has 4 nitrogen and oxygen atoms in total. The van der Waals surface area contributed by atoms with Crippen LogP contribution >= 0.6 is 0 Å². The van der Waals surface area contributed by atoms with Gasteiger partial charge in [-0.25, -0.2) is 4.79 Å². The van der Waals surface area contributed by atoms with Gasteiger partial charge in [-0.1, -0.05) is 0 Å². The molecule has 2 fully saturated rings. The van der Waals surface area contributed by atoms with Crippen molar-refractivity contribution in [2.24, 2.45) is 11.8 Å². The van der Waals surface area contributed by atoms with Crippen LogP contribution in [-0.2, 0) is 4.74 Å². The lowest BCUT2D eigenvalue weighted by molar-refractivity contribution is 0.0143. The van der Waals surface area contributed by atoms with Gasteiger partial charge in [-0.15, -0.1) is 0 Å². The first-order valence-electron chi connectivity index (χ1n) is 6.03. The quantitative estimate of drug-likeness (QED) is 0.740. The third-order valence-corrected chi connectivity index (χ3v) is 3.62. The van der Waals surface area contributed by atoms with Crippen molar-refractivity contribution in [2.45, 2.75) is 45.3 Å². The molecule has 1 unspecified atom stereocenters. The summed E-state index contributed by atoms with van der Waals surface area (Å²) < 4.78 is 5.35. The number of likely N-dealkylation sites (tertiary alicyclic amines) is 1. The molecule has 0 radical (unpaired) electrons. The van der Waals surface area contributed by atoms with Crippen LogP contribution in [0.4, 0.5) is 4.79 Å². The van der Waals surface area contributed by atoms with E-state index in [0.29, 0.717) is 11.8 Å². The Morgan fingerprint density at radius 2 is 2.12 bits per heavy atom. The molecule has 0 bridgehead atoms. The Morgan fingerprint density at radius 1 is 1.44 bits per heavy atom. The number of nitrogens with zero attached hydrogens (tertiary/aromatic N) is 1. The molecular weight excluding hydrogens is 206 g/mol. The Balaban J connectivity index is 2.00. The minimum Gasteiger partial charge on any atom is -0.444 e. The first-order valence-corrected chi connectivity index (χ1v) is 6.03. The van der Waals surface area contributed by atoms with Crippen molar-refractivity contribution in [3.63, 3.8) is 0 Å². The SMILES string of the molecule is CC(C)(C)OC(=O)N1CC2CC[C@@H]2[C@H]1CO. The summed E-state index contributed by atoms with van der Waals surface area (Å²) in [6.45, 7) is 6.40. The van der Waals surface area contributed by atoms with E-state index >= 15 is 0 Å². The lowest BCUT2D eigenvalue weighted by Gasteiger charge is -2.32. The van der Waals surface area contributed by atoms with E-state index in [0.717, 1.165) is 13.0 Å². The predicted octanol–water partition coefficient (Wildman–Crippen LogP) is 1.62. The van der Waals surface area contributed by atoms with Crippen LogP contribution in [0.25, 0.3) is 0 Å². The smallest absolute Gasteiger partial charge is 0.410 e. The minimum atomic E-state index is -0.460. The third kappa shape index (κ3) is 2.03. The summed E-state index contributed by atoms with van der Waals surface area (Å²) in [5, 5.41) is 9.36. The fraction of sp³-hybridized carbons (Fsp3) is 0.917. The van der Waals surface area contributed by atoms with E-state index in [9.17, 15) is 9.90 Å². The highest BCUT2D eigenvalue weighted by atomic mass is 16.6. The largest absolute Gasteiger partial charge is 0.444 e. The van der Waals surface area contributed by atoms with Crippen LogP contribution in [0.1, 0.15) is 33.6 Å². The fourth-order valence-electron chi connectivity index (χ4n) is 2.71. The average Bonchev–Trinajstić information content (AvgIpc) is 2.35. The molecule has 2 rings (SSSR count). The first-order chi connectivity index (χ1) is 7.42. The highest BCUT2D eigenvalue weighted by Crippen LogP contribution is 2.44. The Kier molecular flexibility index (Phi) is 2.86. The third-order valence-electron chi connectivity index (χ3n) is 3.62. The number of aliphatic hydroxyl groups excluding tert-OH is 1. The van der Waals surface area contributed by atoms with E-state index in [2.05, 4.69) is 0 Å². The van der Waals surface area contributed by atoms with Gasteiger partial charge in [0.2, 0.25) is 0 Å². The van der Waals surface area contributed by atoms with Gasteiger partial charge >= 0.3 is 6.09 Å². The topological polar surface area (TPSA) is 49.8 Å². The number of carbonyl (C=O) groups excluding carboxylic acids is 1. The van der Waals surface area contributed by atoms with Crippen molar-refractivity contribution in [2.75, 3.05) is 13.2 Å². The van der Waals surface area contributed by atoms with Crippen molar-refractivity contribution in [1.29, 1.82) is 0 Å². The number of fused-ring (bicyclic) bond motifs is 1. The molecule has 4 heteroatoms. The number of hydrogen-bond acceptors (Lipinski definition) is 3. The van der Waals surface area contributed by atoms with Gasteiger partial charge in [0.1, 0.15) is 5.60 Å². The van der Waals surface area contributed by atoms with Gasteiger partial charge in [0.15, 0.2) is 0 Å². The van der Waals surface area contributed by atoms with Crippen LogP contribution in [0.3, 0.4) is 0 Å². The second-order valence-electron chi connectivity index (χ2n) is 5.88. The number of rotatable bonds is 1. The van der Waals surface area contributed by atoms with E-state index < -0.39 is 5.60 Å². The molecule has 1 amide bonds. The van der Waals surface area contributed by atoms with Crippen molar-refractivity contribution >= 4 is 6.09 Å². The fourth-order valence-corrected chi connectivity index (χ4v) is 2.71. The lowest BCUT2D eigenvalue weighted by Crippen LogP contribution is -2.43. The summed E-state index contributed by atoms with van der Waals surface area (Å²) in [4.78, 5) is 13.7. The number of ether oxygens (including phenoxy) is 1. The van der Waals surface area contributed by atoms with E-state index in [1.807, 2.05) is 20.8 Å². The van der Waals surface area contributed by atoms with Gasteiger partial charge in [0.25, 0.3) is 0 Å². The van der Waals surface area contributed by atoms with Gasteiger partial charge in [0, 0.05) is 6.54 Å². The molecule has 1 saturated carbocycles. The molecule has 1 saturated heterocycles. The van der Waals surface area contributed by atoms with Crippen molar-refractivity contribution in [3.05, 3.63) is 0 Å². The number of amides is 1. The van der Waals surface area contributed by atoms with Gasteiger partial charge in [0.05, 0.1) is 12.6 Å². The summed E-state index contributed by atoms with van der Waals surface area (Å²) in [5.41, 5.74) is -0.460. The number of carbonyl (C=O) groups is 1. The molecule has 2 aliphatic rings. The van der Waals surface area contributed by atoms with Gasteiger partial charge in [-0.2, -0.15) is 0 Å². The van der Waals surface area contributed by atoms with Crippen LogP contribution in [0.15, 0.2) is 0 Å². The van der Waals surface area contributed by atoms with Crippen molar-refractivity contribution in [1.82, 2.24) is 4.90 Å². The molecule has 1 heterocycles. The first kappa shape index (κ1) is 11.7. The zero-order valence-electron chi connectivity index (χ0n) is 10.3. The Labute approximate surface area is 96.6 Å². The molecule has 1 N–H and O–H groups in total. The summed E-state index contributed by atoms with van der Waals surface area (Å²) in [5.74, 6) is 1.09. The van der Waals surface area contributed by atoms with E-state index in [-0.39, 0.29) is 18.7 Å². The highest BCUT2D eigenvalue weighted by Gasteiger charge is 2.49. The summed E-state index contributed by atoms with van der Waals surface area (Å²) in [6, 6.07) is -0.0198. The van der Waals surface area contributed by atoms with Gasteiger partial charge < -0.3 is 14.7 Å². The molecule has 0 aromatic rings. The molecule has 0 spiro atoms. The summed E-state index contributed by atoms with van der Waals surface area (Å²) >= 11 is 0. The minimum absolute atomic E-state index is 0.0198. The molecular formula is C12H21NO3. The Hall–Kier alpha value is -0.770. The zero-order valence-corrected chi connectivity index (χ0v) is 10.3. The monoisotopic (exact) mass is 227 g/mol. The highest BCUT2D eigenvalue weighted by molar-refractivity contribution is 5.69. The molecule has 1 aliphatic carbocycles. The van der Waals surface area contributed by atoms with Crippen molar-refractivity contribution < 1.29 is 14.6 Å². The normalized spacial score (nSPS) is 33.2. The van der Waals surface area contributed by atoms with E-state index in [1.54, 1.807) is 4.90 Å².